The maximum absolute atomic E-state index is 14.7. The minimum absolute atomic E-state index is 0.0353. The van der Waals surface area contributed by atoms with Crippen LogP contribution >= 0.6 is 0 Å². The topological polar surface area (TPSA) is 180 Å². The van der Waals surface area contributed by atoms with Crippen molar-refractivity contribution in [3.8, 4) is 0 Å². The van der Waals surface area contributed by atoms with Gasteiger partial charge in [-0.1, -0.05) is 82.6 Å². The third-order valence-electron chi connectivity index (χ3n) is 12.0. The molecule has 360 valence electrons. The van der Waals surface area contributed by atoms with E-state index in [2.05, 4.69) is 24.5 Å². The zero-order valence-electron chi connectivity index (χ0n) is 42.4. The van der Waals surface area contributed by atoms with Crippen molar-refractivity contribution in [2.24, 2.45) is 35.5 Å². The fraction of sp³-hybridized carbons (Fsp3) is 0.851. The van der Waals surface area contributed by atoms with E-state index < -0.39 is 83.9 Å². The number of amides is 6. The molecule has 0 aromatic heterocycles. The summed E-state index contributed by atoms with van der Waals surface area (Å²) in [6.45, 7) is 26.0. The minimum Gasteiger partial charge on any atom is -0.390 e. The van der Waals surface area contributed by atoms with Crippen molar-refractivity contribution in [2.45, 2.75) is 184 Å². The lowest BCUT2D eigenvalue weighted by molar-refractivity contribution is -0.156. The van der Waals surface area contributed by atoms with E-state index in [9.17, 15) is 38.7 Å². The van der Waals surface area contributed by atoms with Gasteiger partial charge in [0.2, 0.25) is 35.4 Å². The van der Waals surface area contributed by atoms with Gasteiger partial charge in [-0.05, 0) is 102 Å². The number of hydrogen-bond donors (Lipinski definition) is 3. The molecule has 0 aromatic carbocycles. The zero-order valence-corrected chi connectivity index (χ0v) is 42.4. The average molecular weight is 880 g/mol. The molecule has 3 N–H and O–H groups in total. The summed E-state index contributed by atoms with van der Waals surface area (Å²) in [7, 11) is 9.68. The molecule has 0 aliphatic heterocycles. The van der Waals surface area contributed by atoms with Crippen LogP contribution in [0.15, 0.2) is 0 Å². The Hall–Kier alpha value is -3.59. The van der Waals surface area contributed by atoms with Crippen molar-refractivity contribution < 1.29 is 38.7 Å². The van der Waals surface area contributed by atoms with Gasteiger partial charge in [0, 0.05) is 28.2 Å². The highest BCUT2D eigenvalue weighted by Crippen LogP contribution is 2.25. The molecule has 9 atom stereocenters. The van der Waals surface area contributed by atoms with E-state index in [1.54, 1.807) is 33.0 Å². The molecule has 0 rings (SSSR count). The predicted molar refractivity (Wildman–Crippen MR) is 247 cm³/mol. The number of rotatable bonds is 27. The van der Waals surface area contributed by atoms with Crippen LogP contribution in [0.3, 0.4) is 0 Å². The van der Waals surface area contributed by atoms with Crippen LogP contribution in [-0.2, 0) is 33.6 Å². The van der Waals surface area contributed by atoms with Crippen LogP contribution in [0.5, 0.6) is 0 Å². The number of nitrogens with one attached hydrogen (secondary N) is 2. The Balaban J connectivity index is 6.61. The molecular formula is C47H89N7O8. The summed E-state index contributed by atoms with van der Waals surface area (Å²) in [5, 5.41) is 16.8. The smallest absolute Gasteiger partial charge is 0.246 e. The van der Waals surface area contributed by atoms with E-state index in [-0.39, 0.29) is 48.2 Å². The second-order valence-corrected chi connectivity index (χ2v) is 20.2. The first-order valence-electron chi connectivity index (χ1n) is 22.9. The van der Waals surface area contributed by atoms with Gasteiger partial charge in [0.15, 0.2) is 5.78 Å². The highest BCUT2D eigenvalue weighted by atomic mass is 16.3. The molecule has 0 heterocycles. The molecule has 0 aliphatic rings. The van der Waals surface area contributed by atoms with Crippen LogP contribution in [0, 0.1) is 35.5 Å². The first kappa shape index (κ1) is 58.4. The van der Waals surface area contributed by atoms with Gasteiger partial charge in [-0.15, -0.1) is 0 Å². The Labute approximate surface area is 375 Å². The molecule has 0 saturated heterocycles. The van der Waals surface area contributed by atoms with Crippen LogP contribution in [0.4, 0.5) is 0 Å². The monoisotopic (exact) mass is 880 g/mol. The number of aliphatic hydroxyl groups is 1. The summed E-state index contributed by atoms with van der Waals surface area (Å²) in [4.78, 5) is 104. The normalized spacial score (nSPS) is 16.3. The van der Waals surface area contributed by atoms with Crippen molar-refractivity contribution in [3.63, 3.8) is 0 Å². The molecule has 0 fully saturated rings. The van der Waals surface area contributed by atoms with E-state index in [0.29, 0.717) is 25.2 Å². The lowest BCUT2D eigenvalue weighted by atomic mass is 9.88. The standard InChI is InChI=1S/C47H89N7O8/c1-27(2)21-23-32(11)41(56)40(35(14)55)54(20)47(62)39(31(9)10)53(19)45(60)36(24-22-28(3)4)51(17)46(61)38(26-30(7)8)52(18)44(59)34(13)49-42(57)33(12)48-43(58)37(50(15)16)25-29(5)6/h27-34,36-41,56H,21-26H2,1-20H3,(H,48,58)(H,49,57)/t32-,33-,34+,36+,37+,38+,39+,40-,41-/m1/s1. The molecule has 0 bridgehead atoms. The van der Waals surface area contributed by atoms with E-state index in [1.807, 2.05) is 62.3 Å². The summed E-state index contributed by atoms with van der Waals surface area (Å²) in [5.41, 5.74) is 0. The maximum atomic E-state index is 14.7. The number of hydrogen-bond acceptors (Lipinski definition) is 9. The summed E-state index contributed by atoms with van der Waals surface area (Å²) in [6.07, 6.45) is 2.16. The largest absolute Gasteiger partial charge is 0.390 e. The third kappa shape index (κ3) is 17.9. The quantitative estimate of drug-likeness (QED) is 0.108. The fourth-order valence-electron chi connectivity index (χ4n) is 7.90. The van der Waals surface area contributed by atoms with E-state index >= 15 is 0 Å². The molecule has 0 aromatic rings. The lowest BCUT2D eigenvalue weighted by Crippen LogP contribution is -2.61. The molecule has 0 aliphatic carbocycles. The van der Waals surface area contributed by atoms with Gasteiger partial charge in [-0.25, -0.2) is 0 Å². The highest BCUT2D eigenvalue weighted by molar-refractivity contribution is 5.97. The number of carbonyl (C=O) groups excluding carboxylic acids is 7. The Kier molecular flexibility index (Phi) is 25.3. The first-order valence-corrected chi connectivity index (χ1v) is 22.9. The molecular weight excluding hydrogens is 791 g/mol. The predicted octanol–water partition coefficient (Wildman–Crippen LogP) is 4.44. The van der Waals surface area contributed by atoms with Gasteiger partial charge in [0.1, 0.15) is 36.3 Å². The van der Waals surface area contributed by atoms with Crippen LogP contribution in [-0.4, -0.2) is 162 Å². The summed E-state index contributed by atoms with van der Waals surface area (Å²) < 4.78 is 0. The van der Waals surface area contributed by atoms with E-state index in [0.717, 1.165) is 6.42 Å². The van der Waals surface area contributed by atoms with Crippen LogP contribution in [0.1, 0.15) is 135 Å². The van der Waals surface area contributed by atoms with Crippen LogP contribution in [0.2, 0.25) is 0 Å². The van der Waals surface area contributed by atoms with Gasteiger partial charge in [-0.3, -0.25) is 38.5 Å². The number of aliphatic hydroxyl groups excluding tert-OH is 1. The Morgan fingerprint density at radius 3 is 1.31 bits per heavy atom. The summed E-state index contributed by atoms with van der Waals surface area (Å²) >= 11 is 0. The molecule has 0 radical (unpaired) electrons. The van der Waals surface area contributed by atoms with Crippen LogP contribution < -0.4 is 10.6 Å². The van der Waals surface area contributed by atoms with E-state index in [4.69, 9.17) is 0 Å². The van der Waals surface area contributed by atoms with Crippen molar-refractivity contribution >= 4 is 41.2 Å². The maximum Gasteiger partial charge on any atom is 0.246 e. The van der Waals surface area contributed by atoms with E-state index in [1.165, 1.54) is 54.6 Å². The first-order chi connectivity index (χ1) is 28.4. The minimum atomic E-state index is -1.11. The fourth-order valence-corrected chi connectivity index (χ4v) is 7.90. The van der Waals surface area contributed by atoms with Gasteiger partial charge in [0.25, 0.3) is 0 Å². The number of nitrogens with zero attached hydrogens (tertiary/aromatic N) is 5. The average Bonchev–Trinajstić information content (AvgIpc) is 3.15. The van der Waals surface area contributed by atoms with Crippen molar-refractivity contribution in [3.05, 3.63) is 0 Å². The molecule has 0 saturated carbocycles. The van der Waals surface area contributed by atoms with Crippen molar-refractivity contribution in [1.29, 1.82) is 0 Å². The van der Waals surface area contributed by atoms with Gasteiger partial charge in [-0.2, -0.15) is 0 Å². The molecule has 15 heteroatoms. The van der Waals surface area contributed by atoms with Gasteiger partial charge in [0.05, 0.1) is 12.1 Å². The van der Waals surface area contributed by atoms with Crippen LogP contribution in [0.25, 0.3) is 0 Å². The van der Waals surface area contributed by atoms with Crippen molar-refractivity contribution in [2.75, 3.05) is 42.3 Å². The number of carbonyl (C=O) groups is 7. The Morgan fingerprint density at radius 2 is 0.871 bits per heavy atom. The summed E-state index contributed by atoms with van der Waals surface area (Å²) in [5.74, 6) is -3.00. The summed E-state index contributed by atoms with van der Waals surface area (Å²) in [6, 6.07) is -6.54. The van der Waals surface area contributed by atoms with Crippen molar-refractivity contribution in [1.82, 2.24) is 35.1 Å². The second-order valence-electron chi connectivity index (χ2n) is 20.2. The van der Waals surface area contributed by atoms with Gasteiger partial charge < -0.3 is 35.3 Å². The SMILES string of the molecule is CC(=O)[C@H]([C@H](O)[C@H](C)CCC(C)C)N(C)C(=O)[C@H](C(C)C)N(C)C(=O)[C@H](CCC(C)C)N(C)C(=O)[C@H](CC(C)C)N(C)C(=O)[C@H](C)NC(=O)[C@@H](C)NC(=O)[C@H](CC(C)C)N(C)C. The molecule has 15 nitrogen and oxygen atoms in total. The number of ketones is 1. The number of Topliss-reactive ketones (excluding diaryl/α,β-unsaturated/α-hetero) is 1. The Morgan fingerprint density at radius 1 is 0.452 bits per heavy atom. The number of likely N-dealkylation sites (N-methyl/N-ethyl adjacent to an activating group) is 5. The zero-order chi connectivity index (χ0) is 48.7. The lowest BCUT2D eigenvalue weighted by Gasteiger charge is -2.41. The highest BCUT2D eigenvalue weighted by Gasteiger charge is 2.43. The molecule has 6 amide bonds. The van der Waals surface area contributed by atoms with Gasteiger partial charge >= 0.3 is 0 Å². The second kappa shape index (κ2) is 26.9. The molecule has 0 unspecified atom stereocenters. The third-order valence-corrected chi connectivity index (χ3v) is 12.0. The Bertz CT molecular complexity index is 1470. The molecule has 62 heavy (non-hydrogen) atoms. The molecule has 0 spiro atoms.